The van der Waals surface area contributed by atoms with E-state index in [0.717, 1.165) is 37.7 Å². The van der Waals surface area contributed by atoms with Gasteiger partial charge in [0, 0.05) is 30.1 Å². The Morgan fingerprint density at radius 3 is 2.61 bits per heavy atom. The molecule has 6 rings (SSSR count). The van der Waals surface area contributed by atoms with Crippen molar-refractivity contribution in [2.45, 2.75) is 146 Å². The van der Waals surface area contributed by atoms with E-state index < -0.39 is 58.3 Å². The number of nitrogens with one attached hydrogen (secondary N) is 1. The first-order valence-electron chi connectivity index (χ1n) is 19.1. The molecule has 0 aromatic rings. The van der Waals surface area contributed by atoms with Crippen molar-refractivity contribution >= 4 is 5.78 Å². The van der Waals surface area contributed by atoms with Crippen LogP contribution in [0.2, 0.25) is 0 Å². The molecule has 2 aliphatic heterocycles. The van der Waals surface area contributed by atoms with Crippen molar-refractivity contribution in [3.8, 4) is 0 Å². The highest BCUT2D eigenvalue weighted by atomic mass is 16.5. The van der Waals surface area contributed by atoms with Crippen LogP contribution in [0.4, 0.5) is 0 Å². The molecule has 14 atom stereocenters. The van der Waals surface area contributed by atoms with Gasteiger partial charge in [-0.15, -0.1) is 0 Å². The molecule has 10 heteroatoms. The highest BCUT2D eigenvalue weighted by Gasteiger charge is 2.70. The molecule has 3 saturated carbocycles. The second kappa shape index (κ2) is 14.1. The van der Waals surface area contributed by atoms with Gasteiger partial charge < -0.3 is 46.4 Å². The molecule has 10 nitrogen and oxygen atoms in total. The Balaban J connectivity index is 1.26. The van der Waals surface area contributed by atoms with Crippen LogP contribution >= 0.6 is 0 Å². The van der Waals surface area contributed by atoms with Gasteiger partial charge >= 0.3 is 0 Å². The van der Waals surface area contributed by atoms with Crippen LogP contribution in [0, 0.1) is 40.4 Å². The maximum Gasteiger partial charge on any atom is 0.159 e. The first-order valence-corrected chi connectivity index (χ1v) is 19.1. The summed E-state index contributed by atoms with van der Waals surface area (Å²) < 4.78 is 6.15. The first kappa shape index (κ1) is 37.1. The minimum absolute atomic E-state index is 0.114. The minimum atomic E-state index is -1.63. The molecule has 0 aromatic heterocycles. The summed E-state index contributed by atoms with van der Waals surface area (Å²) in [4.78, 5) is 14.1. The van der Waals surface area contributed by atoms with Crippen molar-refractivity contribution in [2.75, 3.05) is 13.2 Å². The molecule has 0 spiro atoms. The fraction of sp³-hybridized carbons (Fsp3) is 0.821. The number of fused-ring (bicyclic) bond motifs is 5. The summed E-state index contributed by atoms with van der Waals surface area (Å²) in [5.41, 5.74) is 3.18. The highest BCUT2D eigenvalue weighted by Crippen LogP contribution is 2.69. The average Bonchev–Trinajstić information content (AvgIpc) is 3.61. The number of carbonyl (C=O) groups is 1. The molecule has 0 radical (unpaired) electrons. The zero-order chi connectivity index (χ0) is 35.4. The zero-order valence-corrected chi connectivity index (χ0v) is 29.8. The van der Waals surface area contributed by atoms with Gasteiger partial charge in [-0.3, -0.25) is 4.79 Å². The van der Waals surface area contributed by atoms with Gasteiger partial charge in [-0.2, -0.15) is 0 Å². The van der Waals surface area contributed by atoms with E-state index in [1.54, 1.807) is 13.0 Å². The number of rotatable bonds is 12. The fourth-order valence-electron chi connectivity index (χ4n) is 11.6. The van der Waals surface area contributed by atoms with E-state index in [1.807, 2.05) is 25.3 Å². The topological polar surface area (TPSA) is 186 Å². The number of ketones is 1. The molecular weight excluding hydrogens is 624 g/mol. The van der Waals surface area contributed by atoms with Crippen molar-refractivity contribution in [1.29, 1.82) is 0 Å². The normalized spacial score (nSPS) is 45.0. The summed E-state index contributed by atoms with van der Waals surface area (Å²) in [6, 6.07) is 0. The summed E-state index contributed by atoms with van der Waals surface area (Å²) in [7, 11) is 0. The second-order valence-electron chi connectivity index (χ2n) is 17.0. The Kier molecular flexibility index (Phi) is 10.7. The number of dihydropyridines is 1. The lowest BCUT2D eigenvalue weighted by Gasteiger charge is -2.62. The van der Waals surface area contributed by atoms with Gasteiger partial charge in [0.05, 0.1) is 42.3 Å². The molecule has 0 aromatic carbocycles. The van der Waals surface area contributed by atoms with Crippen molar-refractivity contribution < 1.29 is 40.2 Å². The van der Waals surface area contributed by atoms with Gasteiger partial charge in [-0.1, -0.05) is 45.6 Å². The van der Waals surface area contributed by atoms with E-state index in [0.29, 0.717) is 50.7 Å². The number of allylic oxidation sites excluding steroid dienone is 3. The van der Waals surface area contributed by atoms with E-state index in [-0.39, 0.29) is 49.2 Å². The fourth-order valence-corrected chi connectivity index (χ4v) is 11.6. The maximum atomic E-state index is 14.1. The van der Waals surface area contributed by atoms with Crippen LogP contribution in [0.15, 0.2) is 35.6 Å². The summed E-state index contributed by atoms with van der Waals surface area (Å²) >= 11 is 0. The molecule has 9 N–H and O–H groups in total. The SMILES string of the molecule is CCCCCC[C@@H]1CO[C@@H]([C@@H](O)[C@](C)(O)[C@H]2CC[C@@]3(O)C4=CC(=O)[C@@H]5C[C@@H](O)[C@@H](O)C[C@]5(CCC5=CNC(N)C=C5)[C@H]4CC[C@]23C)[C@H]1CO. The number of unbranched alkanes of at least 4 members (excludes halogenated alkanes) is 3. The van der Waals surface area contributed by atoms with Crippen LogP contribution in [0.1, 0.15) is 104 Å². The molecule has 1 unspecified atom stereocenters. The predicted molar refractivity (Wildman–Crippen MR) is 186 cm³/mol. The predicted octanol–water partition coefficient (Wildman–Crippen LogP) is 2.99. The summed E-state index contributed by atoms with van der Waals surface area (Å²) in [6.07, 6.45) is 12.3. The minimum Gasteiger partial charge on any atom is -0.396 e. The molecular formula is C39H62N2O8. The quantitative estimate of drug-likeness (QED) is 0.142. The molecule has 4 aliphatic carbocycles. The van der Waals surface area contributed by atoms with Gasteiger partial charge in [0.1, 0.15) is 6.10 Å². The number of aliphatic hydroxyl groups excluding tert-OH is 4. The Bertz CT molecular complexity index is 1320. The third kappa shape index (κ3) is 6.20. The van der Waals surface area contributed by atoms with E-state index in [2.05, 4.69) is 12.2 Å². The highest BCUT2D eigenvalue weighted by molar-refractivity contribution is 5.95. The van der Waals surface area contributed by atoms with Crippen LogP contribution in [0.5, 0.6) is 0 Å². The molecule has 0 amide bonds. The van der Waals surface area contributed by atoms with Gasteiger partial charge in [0.25, 0.3) is 0 Å². The van der Waals surface area contributed by atoms with E-state index >= 15 is 0 Å². The molecule has 49 heavy (non-hydrogen) atoms. The van der Waals surface area contributed by atoms with Gasteiger partial charge in [-0.25, -0.2) is 0 Å². The van der Waals surface area contributed by atoms with Gasteiger partial charge in [0.15, 0.2) is 5.78 Å². The van der Waals surface area contributed by atoms with Crippen LogP contribution in [0.25, 0.3) is 0 Å². The van der Waals surface area contributed by atoms with Crippen molar-refractivity contribution in [1.82, 2.24) is 5.32 Å². The largest absolute Gasteiger partial charge is 0.396 e. The van der Waals surface area contributed by atoms with E-state index in [9.17, 15) is 35.4 Å². The van der Waals surface area contributed by atoms with Crippen molar-refractivity contribution in [3.05, 3.63) is 35.6 Å². The number of ether oxygens (including phenoxy) is 1. The number of nitrogens with two attached hydrogens (primary N) is 1. The summed E-state index contributed by atoms with van der Waals surface area (Å²) in [5, 5.41) is 72.4. The Labute approximate surface area is 291 Å². The Morgan fingerprint density at radius 1 is 1.14 bits per heavy atom. The molecule has 0 bridgehead atoms. The summed E-state index contributed by atoms with van der Waals surface area (Å²) in [5.74, 6) is -1.43. The summed E-state index contributed by atoms with van der Waals surface area (Å²) in [6.45, 7) is 6.13. The van der Waals surface area contributed by atoms with Crippen LogP contribution in [0.3, 0.4) is 0 Å². The average molecular weight is 687 g/mol. The molecule has 1 saturated heterocycles. The number of carbonyl (C=O) groups excluding carboxylic acids is 1. The zero-order valence-electron chi connectivity index (χ0n) is 29.8. The van der Waals surface area contributed by atoms with Crippen LogP contribution in [-0.2, 0) is 9.53 Å². The lowest BCUT2D eigenvalue weighted by Crippen LogP contribution is -2.64. The monoisotopic (exact) mass is 686 g/mol. The maximum absolute atomic E-state index is 14.1. The van der Waals surface area contributed by atoms with Gasteiger partial charge in [0.2, 0.25) is 0 Å². The van der Waals surface area contributed by atoms with E-state index in [1.165, 1.54) is 0 Å². The Morgan fingerprint density at radius 2 is 1.92 bits per heavy atom. The molecule has 4 fully saturated rings. The number of hydrogen-bond acceptors (Lipinski definition) is 10. The Hall–Kier alpha value is -1.63. The number of aliphatic hydroxyl groups is 6. The third-order valence-corrected chi connectivity index (χ3v) is 14.5. The smallest absolute Gasteiger partial charge is 0.159 e. The van der Waals surface area contributed by atoms with E-state index in [4.69, 9.17) is 10.5 Å². The van der Waals surface area contributed by atoms with Crippen LogP contribution < -0.4 is 11.1 Å². The standard InChI is InChI=1S/C39H62N2O8/c1-4-5-6-7-8-24-22-49-34(25(24)21-42)35(46)37(3,47)32-13-16-39(48)27-17-29(43)28-18-30(44)31(45)19-38(28,26(27)12-14-36(32,39)2)15-11-23-9-10-33(40)41-20-23/h9-10,17,20,24-26,28,30-35,41-42,44-48H,4-8,11-16,18-19,21-22,40H2,1-3H3/t24-,25+,26+,28+,30-,31+,32+,33?,34-,35-,36-,37-,38-,39-/m1/s1. The lowest BCUT2D eigenvalue weighted by molar-refractivity contribution is -0.197. The van der Waals surface area contributed by atoms with Gasteiger partial charge in [-0.05, 0) is 111 Å². The molecule has 2 heterocycles. The first-order chi connectivity index (χ1) is 23.2. The van der Waals surface area contributed by atoms with Crippen molar-refractivity contribution in [2.24, 2.45) is 46.2 Å². The number of hydrogen-bond donors (Lipinski definition) is 8. The second-order valence-corrected chi connectivity index (χ2v) is 17.0. The third-order valence-electron chi connectivity index (χ3n) is 14.5. The molecule has 276 valence electrons. The molecule has 6 aliphatic rings. The van der Waals surface area contributed by atoms with Crippen LogP contribution in [-0.4, -0.2) is 91.4 Å². The lowest BCUT2D eigenvalue weighted by atomic mass is 9.44. The van der Waals surface area contributed by atoms with Crippen molar-refractivity contribution in [3.63, 3.8) is 0 Å².